The topological polar surface area (TPSA) is 82.8 Å². The van der Waals surface area contributed by atoms with Crippen LogP contribution in [0, 0.1) is 0 Å². The quantitative estimate of drug-likeness (QED) is 0.651. The second-order valence-corrected chi connectivity index (χ2v) is 5.03. The lowest BCUT2D eigenvalue weighted by Gasteiger charge is -2.15. The first kappa shape index (κ1) is 17.7. The molecule has 0 aliphatic rings. The van der Waals surface area contributed by atoms with Crippen molar-refractivity contribution in [1.82, 2.24) is 5.32 Å². The number of hydrogen-bond donors (Lipinski definition) is 2. The number of benzene rings is 1. The smallest absolute Gasteiger partial charge is 0.258 e. The van der Waals surface area contributed by atoms with Gasteiger partial charge in [-0.05, 0) is 40.5 Å². The summed E-state index contributed by atoms with van der Waals surface area (Å²) in [5.41, 5.74) is 6.55. The van der Waals surface area contributed by atoms with Crippen LogP contribution in [-0.2, 0) is 16.1 Å². The SMILES string of the molecule is CCOc1cc(CN)cc(Br)c1OCC(=O)NCCOC. The van der Waals surface area contributed by atoms with Gasteiger partial charge in [-0.15, -0.1) is 0 Å². The van der Waals surface area contributed by atoms with E-state index in [0.29, 0.717) is 42.3 Å². The van der Waals surface area contributed by atoms with Crippen LogP contribution in [0.1, 0.15) is 12.5 Å². The third-order valence-electron chi connectivity index (χ3n) is 2.58. The molecular weight excluding hydrogens is 340 g/mol. The molecule has 3 N–H and O–H groups in total. The van der Waals surface area contributed by atoms with Gasteiger partial charge < -0.3 is 25.3 Å². The van der Waals surface area contributed by atoms with Crippen molar-refractivity contribution in [2.75, 3.05) is 33.5 Å². The molecule has 0 saturated heterocycles. The number of methoxy groups -OCH3 is 1. The van der Waals surface area contributed by atoms with Gasteiger partial charge in [-0.25, -0.2) is 0 Å². The minimum atomic E-state index is -0.218. The highest BCUT2D eigenvalue weighted by molar-refractivity contribution is 9.10. The van der Waals surface area contributed by atoms with Crippen LogP contribution >= 0.6 is 15.9 Å². The lowest BCUT2D eigenvalue weighted by Crippen LogP contribution is -2.31. The second-order valence-electron chi connectivity index (χ2n) is 4.17. The van der Waals surface area contributed by atoms with Crippen LogP contribution in [0.15, 0.2) is 16.6 Å². The molecule has 0 bridgehead atoms. The van der Waals surface area contributed by atoms with Crippen molar-refractivity contribution < 1.29 is 19.0 Å². The van der Waals surface area contributed by atoms with E-state index in [1.54, 1.807) is 7.11 Å². The molecule has 1 amide bonds. The van der Waals surface area contributed by atoms with Crippen LogP contribution in [-0.4, -0.2) is 39.4 Å². The van der Waals surface area contributed by atoms with Gasteiger partial charge in [0.15, 0.2) is 18.1 Å². The maximum Gasteiger partial charge on any atom is 0.258 e. The van der Waals surface area contributed by atoms with Crippen LogP contribution in [0.3, 0.4) is 0 Å². The lowest BCUT2D eigenvalue weighted by atomic mass is 10.2. The molecule has 0 saturated carbocycles. The van der Waals surface area contributed by atoms with E-state index in [4.69, 9.17) is 19.9 Å². The van der Waals surface area contributed by atoms with E-state index in [0.717, 1.165) is 5.56 Å². The Balaban J connectivity index is 2.70. The van der Waals surface area contributed by atoms with E-state index in [1.165, 1.54) is 0 Å². The Labute approximate surface area is 133 Å². The van der Waals surface area contributed by atoms with E-state index in [1.807, 2.05) is 19.1 Å². The third kappa shape index (κ3) is 5.91. The van der Waals surface area contributed by atoms with Crippen molar-refractivity contribution in [3.05, 3.63) is 22.2 Å². The van der Waals surface area contributed by atoms with Crippen LogP contribution in [0.2, 0.25) is 0 Å². The molecule has 0 aromatic heterocycles. The van der Waals surface area contributed by atoms with Crippen molar-refractivity contribution in [3.8, 4) is 11.5 Å². The number of halogens is 1. The summed E-state index contributed by atoms with van der Waals surface area (Å²) in [6.45, 7) is 3.59. The predicted molar refractivity (Wildman–Crippen MR) is 83.6 cm³/mol. The number of nitrogens with one attached hydrogen (secondary N) is 1. The first-order valence-electron chi connectivity index (χ1n) is 6.66. The van der Waals surface area contributed by atoms with E-state index in [2.05, 4.69) is 21.2 Å². The normalized spacial score (nSPS) is 10.3. The largest absolute Gasteiger partial charge is 0.490 e. The predicted octanol–water partition coefficient (Wildman–Crippen LogP) is 1.45. The van der Waals surface area contributed by atoms with Crippen molar-refractivity contribution in [1.29, 1.82) is 0 Å². The molecule has 0 aliphatic carbocycles. The zero-order valence-electron chi connectivity index (χ0n) is 12.3. The molecule has 21 heavy (non-hydrogen) atoms. The molecule has 0 spiro atoms. The Morgan fingerprint density at radius 3 is 2.76 bits per heavy atom. The number of carbonyl (C=O) groups excluding carboxylic acids is 1. The van der Waals surface area contributed by atoms with Crippen molar-refractivity contribution >= 4 is 21.8 Å². The minimum absolute atomic E-state index is 0.0929. The molecule has 1 aromatic carbocycles. The first-order valence-corrected chi connectivity index (χ1v) is 7.45. The molecule has 0 fully saturated rings. The van der Waals surface area contributed by atoms with Gasteiger partial charge in [0.1, 0.15) is 0 Å². The van der Waals surface area contributed by atoms with Crippen LogP contribution in [0.4, 0.5) is 0 Å². The van der Waals surface area contributed by atoms with Crippen molar-refractivity contribution in [2.24, 2.45) is 5.73 Å². The molecule has 0 unspecified atom stereocenters. The van der Waals surface area contributed by atoms with E-state index < -0.39 is 0 Å². The highest BCUT2D eigenvalue weighted by Gasteiger charge is 2.13. The van der Waals surface area contributed by atoms with Crippen LogP contribution < -0.4 is 20.5 Å². The summed E-state index contributed by atoms with van der Waals surface area (Å²) in [6, 6.07) is 3.66. The molecular formula is C14H21BrN2O4. The molecule has 7 heteroatoms. The van der Waals surface area contributed by atoms with Gasteiger partial charge in [0.05, 0.1) is 17.7 Å². The number of carbonyl (C=O) groups is 1. The molecule has 0 radical (unpaired) electrons. The van der Waals surface area contributed by atoms with Gasteiger partial charge in [-0.1, -0.05) is 0 Å². The molecule has 0 aliphatic heterocycles. The minimum Gasteiger partial charge on any atom is -0.490 e. The lowest BCUT2D eigenvalue weighted by molar-refractivity contribution is -0.123. The highest BCUT2D eigenvalue weighted by Crippen LogP contribution is 2.36. The van der Waals surface area contributed by atoms with Crippen molar-refractivity contribution in [2.45, 2.75) is 13.5 Å². The molecule has 118 valence electrons. The summed E-state index contributed by atoms with van der Waals surface area (Å²) >= 11 is 3.41. The number of rotatable bonds is 9. The summed E-state index contributed by atoms with van der Waals surface area (Å²) in [5.74, 6) is 0.845. The first-order chi connectivity index (χ1) is 10.1. The van der Waals surface area contributed by atoms with E-state index >= 15 is 0 Å². The number of hydrogen-bond acceptors (Lipinski definition) is 5. The van der Waals surface area contributed by atoms with E-state index in [9.17, 15) is 4.79 Å². The summed E-state index contributed by atoms with van der Waals surface area (Å²) in [6.07, 6.45) is 0. The summed E-state index contributed by atoms with van der Waals surface area (Å²) in [7, 11) is 1.58. The van der Waals surface area contributed by atoms with Gasteiger partial charge in [0, 0.05) is 20.2 Å². The fraction of sp³-hybridized carbons (Fsp3) is 0.500. The van der Waals surface area contributed by atoms with Crippen LogP contribution in [0.5, 0.6) is 11.5 Å². The maximum atomic E-state index is 11.6. The Kier molecular flexibility index (Phi) is 8.11. The van der Waals surface area contributed by atoms with E-state index in [-0.39, 0.29) is 12.5 Å². The number of nitrogens with two attached hydrogens (primary N) is 1. The molecule has 1 rings (SSSR count). The zero-order chi connectivity index (χ0) is 15.7. The van der Waals surface area contributed by atoms with Crippen LogP contribution in [0.25, 0.3) is 0 Å². The summed E-state index contributed by atoms with van der Waals surface area (Å²) in [5, 5.41) is 2.68. The maximum absolute atomic E-state index is 11.6. The monoisotopic (exact) mass is 360 g/mol. The summed E-state index contributed by atoms with van der Waals surface area (Å²) in [4.78, 5) is 11.6. The number of amides is 1. The number of ether oxygens (including phenoxy) is 3. The Bertz CT molecular complexity index is 469. The Morgan fingerprint density at radius 1 is 1.38 bits per heavy atom. The standard InChI is InChI=1S/C14H21BrN2O4/c1-3-20-12-7-10(8-16)6-11(15)14(12)21-9-13(18)17-4-5-19-2/h6-7H,3-5,8-9,16H2,1-2H3,(H,17,18). The van der Waals surface area contributed by atoms with Crippen molar-refractivity contribution in [3.63, 3.8) is 0 Å². The fourth-order valence-corrected chi connectivity index (χ4v) is 2.23. The Morgan fingerprint density at radius 2 is 2.14 bits per heavy atom. The Hall–Kier alpha value is -1.31. The highest BCUT2D eigenvalue weighted by atomic mass is 79.9. The third-order valence-corrected chi connectivity index (χ3v) is 3.17. The molecule has 6 nitrogen and oxygen atoms in total. The van der Waals surface area contributed by atoms with Gasteiger partial charge >= 0.3 is 0 Å². The fourth-order valence-electron chi connectivity index (χ4n) is 1.62. The second kappa shape index (κ2) is 9.59. The average molecular weight is 361 g/mol. The molecule has 0 heterocycles. The molecule has 0 atom stereocenters. The molecule has 1 aromatic rings. The summed E-state index contributed by atoms with van der Waals surface area (Å²) < 4.78 is 16.6. The zero-order valence-corrected chi connectivity index (χ0v) is 13.9. The average Bonchev–Trinajstić information content (AvgIpc) is 2.46. The van der Waals surface area contributed by atoms with Gasteiger partial charge in [-0.3, -0.25) is 4.79 Å². The van der Waals surface area contributed by atoms with Gasteiger partial charge in [-0.2, -0.15) is 0 Å². The van der Waals surface area contributed by atoms with Gasteiger partial charge in [0.2, 0.25) is 0 Å². The van der Waals surface area contributed by atoms with Gasteiger partial charge in [0.25, 0.3) is 5.91 Å².